The predicted octanol–water partition coefficient (Wildman–Crippen LogP) is 1.46. The first-order chi connectivity index (χ1) is 10.6. The van der Waals surface area contributed by atoms with E-state index in [1.165, 1.54) is 0 Å². The van der Waals surface area contributed by atoms with Crippen molar-refractivity contribution in [2.75, 3.05) is 33.9 Å². The third-order valence-corrected chi connectivity index (χ3v) is 3.78. The second-order valence-electron chi connectivity index (χ2n) is 5.34. The number of methoxy groups -OCH3 is 1. The van der Waals surface area contributed by atoms with Crippen molar-refractivity contribution in [1.82, 2.24) is 4.90 Å². The number of likely N-dealkylation sites (N-methyl/N-ethyl adjacent to an activating group) is 1. The molecule has 0 bridgehead atoms. The molecule has 6 nitrogen and oxygen atoms in total. The van der Waals surface area contributed by atoms with Gasteiger partial charge in [-0.1, -0.05) is 0 Å². The minimum Gasteiger partial charge on any atom is -0.497 e. The van der Waals surface area contributed by atoms with E-state index in [4.69, 9.17) is 19.9 Å². The summed E-state index contributed by atoms with van der Waals surface area (Å²) in [5, 5.41) is 0. The first-order valence-corrected chi connectivity index (χ1v) is 7.51. The van der Waals surface area contributed by atoms with E-state index in [2.05, 4.69) is 0 Å². The van der Waals surface area contributed by atoms with Crippen molar-refractivity contribution >= 4 is 18.3 Å². The number of benzene rings is 1. The molecule has 1 aliphatic rings. The Bertz CT molecular complexity index is 483. The fourth-order valence-electron chi connectivity index (χ4n) is 2.39. The maximum Gasteiger partial charge on any atom is 0.251 e. The lowest BCUT2D eigenvalue weighted by Gasteiger charge is -2.21. The van der Waals surface area contributed by atoms with Gasteiger partial charge < -0.3 is 24.8 Å². The zero-order valence-corrected chi connectivity index (χ0v) is 14.4. The van der Waals surface area contributed by atoms with Crippen molar-refractivity contribution in [3.63, 3.8) is 0 Å². The molecule has 0 radical (unpaired) electrons. The lowest BCUT2D eigenvalue weighted by molar-refractivity contribution is -0.141. The van der Waals surface area contributed by atoms with Crippen LogP contribution in [0.4, 0.5) is 0 Å². The number of carbonyl (C=O) groups is 1. The summed E-state index contributed by atoms with van der Waals surface area (Å²) in [6.07, 6.45) is 1.24. The third-order valence-electron chi connectivity index (χ3n) is 3.78. The highest BCUT2D eigenvalue weighted by Gasteiger charge is 2.31. The van der Waals surface area contributed by atoms with Crippen molar-refractivity contribution in [3.8, 4) is 11.5 Å². The van der Waals surface area contributed by atoms with Crippen molar-refractivity contribution < 1.29 is 19.0 Å². The minimum atomic E-state index is -0.362. The van der Waals surface area contributed by atoms with Gasteiger partial charge in [-0.2, -0.15) is 0 Å². The normalized spacial score (nSPS) is 19.8. The van der Waals surface area contributed by atoms with Crippen LogP contribution in [-0.4, -0.2) is 56.9 Å². The Morgan fingerprint density at radius 2 is 1.96 bits per heavy atom. The highest BCUT2D eigenvalue weighted by Crippen LogP contribution is 2.20. The Balaban J connectivity index is 0.00000264. The van der Waals surface area contributed by atoms with Crippen LogP contribution in [0.15, 0.2) is 24.3 Å². The number of carbonyl (C=O) groups excluding carboxylic acids is 1. The van der Waals surface area contributed by atoms with Gasteiger partial charge >= 0.3 is 0 Å². The molecule has 1 heterocycles. The number of nitrogens with two attached hydrogens (primary N) is 1. The summed E-state index contributed by atoms with van der Waals surface area (Å²) >= 11 is 0. The average Bonchev–Trinajstić information content (AvgIpc) is 3.03. The predicted molar refractivity (Wildman–Crippen MR) is 90.3 cm³/mol. The van der Waals surface area contributed by atoms with E-state index in [0.717, 1.165) is 24.3 Å². The Kier molecular flexibility index (Phi) is 8.16. The van der Waals surface area contributed by atoms with Crippen LogP contribution in [0, 0.1) is 0 Å². The van der Waals surface area contributed by atoms with Gasteiger partial charge in [0.25, 0.3) is 5.91 Å². The van der Waals surface area contributed by atoms with Gasteiger partial charge in [0.1, 0.15) is 24.2 Å². The lowest BCUT2D eigenvalue weighted by atomic mass is 10.2. The molecular formula is C16H25ClN2O4. The zero-order chi connectivity index (χ0) is 15.9. The highest BCUT2D eigenvalue weighted by atomic mass is 35.5. The monoisotopic (exact) mass is 344 g/mol. The van der Waals surface area contributed by atoms with Crippen molar-refractivity contribution in [2.45, 2.75) is 25.0 Å². The molecule has 1 aromatic rings. The Morgan fingerprint density at radius 1 is 1.30 bits per heavy atom. The van der Waals surface area contributed by atoms with E-state index >= 15 is 0 Å². The third kappa shape index (κ3) is 5.57. The van der Waals surface area contributed by atoms with Crippen LogP contribution < -0.4 is 15.2 Å². The van der Waals surface area contributed by atoms with E-state index in [0.29, 0.717) is 19.7 Å². The fourth-order valence-corrected chi connectivity index (χ4v) is 2.39. The van der Waals surface area contributed by atoms with E-state index in [-0.39, 0.29) is 30.5 Å². The summed E-state index contributed by atoms with van der Waals surface area (Å²) in [5.74, 6) is 1.53. The van der Waals surface area contributed by atoms with Gasteiger partial charge in [0, 0.05) is 13.6 Å². The molecule has 2 atom stereocenters. The van der Waals surface area contributed by atoms with Crippen LogP contribution in [0.3, 0.4) is 0 Å². The van der Waals surface area contributed by atoms with Crippen LogP contribution in [0.1, 0.15) is 12.8 Å². The van der Waals surface area contributed by atoms with Crippen LogP contribution in [0.5, 0.6) is 11.5 Å². The molecule has 0 aliphatic carbocycles. The van der Waals surface area contributed by atoms with Crippen molar-refractivity contribution in [1.29, 1.82) is 0 Å². The molecule has 130 valence electrons. The van der Waals surface area contributed by atoms with Gasteiger partial charge in [-0.25, -0.2) is 0 Å². The summed E-state index contributed by atoms with van der Waals surface area (Å²) in [4.78, 5) is 13.9. The van der Waals surface area contributed by atoms with Gasteiger partial charge in [-0.05, 0) is 37.1 Å². The first-order valence-electron chi connectivity index (χ1n) is 7.51. The number of amides is 1. The number of nitrogens with zero attached hydrogens (tertiary/aromatic N) is 1. The van der Waals surface area contributed by atoms with E-state index in [1.54, 1.807) is 19.1 Å². The van der Waals surface area contributed by atoms with Gasteiger partial charge in [-0.15, -0.1) is 12.4 Å². The molecule has 1 aromatic carbocycles. The molecule has 7 heteroatoms. The minimum absolute atomic E-state index is 0. The molecule has 1 amide bonds. The second kappa shape index (κ2) is 9.60. The van der Waals surface area contributed by atoms with E-state index < -0.39 is 0 Å². The zero-order valence-electron chi connectivity index (χ0n) is 13.6. The molecule has 0 aromatic heterocycles. The molecule has 0 spiro atoms. The van der Waals surface area contributed by atoms with Crippen molar-refractivity contribution in [3.05, 3.63) is 24.3 Å². The summed E-state index contributed by atoms with van der Waals surface area (Å²) < 4.78 is 16.3. The molecule has 0 saturated carbocycles. The van der Waals surface area contributed by atoms with Gasteiger partial charge in [0.15, 0.2) is 0 Å². The molecule has 2 rings (SSSR count). The average molecular weight is 345 g/mol. The van der Waals surface area contributed by atoms with E-state index in [9.17, 15) is 4.79 Å². The first kappa shape index (κ1) is 19.5. The standard InChI is InChI=1S/C16H24N2O4.ClH/c1-18(16(19)15-8-7-14(11-17)22-15)9-10-21-13-5-3-12(20-2)4-6-13;/h3-6,14-15H,7-11,17H2,1-2H3;1H/t14-,15+;/m1./s1. The number of rotatable bonds is 7. The Morgan fingerprint density at radius 3 is 2.52 bits per heavy atom. The lowest BCUT2D eigenvalue weighted by Crippen LogP contribution is -2.39. The fraction of sp³-hybridized carbons (Fsp3) is 0.562. The molecule has 1 saturated heterocycles. The van der Waals surface area contributed by atoms with Crippen LogP contribution in [-0.2, 0) is 9.53 Å². The highest BCUT2D eigenvalue weighted by molar-refractivity contribution is 5.85. The van der Waals surface area contributed by atoms with Crippen LogP contribution in [0.2, 0.25) is 0 Å². The SMILES string of the molecule is COc1ccc(OCCN(C)C(=O)[C@@H]2CC[C@H](CN)O2)cc1.Cl. The van der Waals surface area contributed by atoms with Crippen LogP contribution >= 0.6 is 12.4 Å². The number of ether oxygens (including phenoxy) is 3. The molecule has 0 unspecified atom stereocenters. The van der Waals surface area contributed by atoms with Gasteiger partial charge in [0.05, 0.1) is 19.8 Å². The van der Waals surface area contributed by atoms with Crippen LogP contribution in [0.25, 0.3) is 0 Å². The summed E-state index contributed by atoms with van der Waals surface area (Å²) in [5.41, 5.74) is 5.56. The smallest absolute Gasteiger partial charge is 0.251 e. The van der Waals surface area contributed by atoms with Gasteiger partial charge in [0.2, 0.25) is 0 Å². The molecular weight excluding hydrogens is 320 g/mol. The topological polar surface area (TPSA) is 74.0 Å². The molecule has 23 heavy (non-hydrogen) atoms. The molecule has 1 fully saturated rings. The Labute approximate surface area is 143 Å². The maximum absolute atomic E-state index is 12.2. The molecule has 1 aliphatic heterocycles. The van der Waals surface area contributed by atoms with Crippen molar-refractivity contribution in [2.24, 2.45) is 5.73 Å². The number of hydrogen-bond donors (Lipinski definition) is 1. The summed E-state index contributed by atoms with van der Waals surface area (Å²) in [6.45, 7) is 1.41. The van der Waals surface area contributed by atoms with Gasteiger partial charge in [-0.3, -0.25) is 4.79 Å². The number of halogens is 1. The summed E-state index contributed by atoms with van der Waals surface area (Å²) in [6, 6.07) is 7.35. The second-order valence-corrected chi connectivity index (χ2v) is 5.34. The number of hydrogen-bond acceptors (Lipinski definition) is 5. The maximum atomic E-state index is 12.2. The quantitative estimate of drug-likeness (QED) is 0.810. The summed E-state index contributed by atoms with van der Waals surface area (Å²) in [7, 11) is 3.38. The largest absolute Gasteiger partial charge is 0.497 e. The Hall–Kier alpha value is -1.50. The molecule has 2 N–H and O–H groups in total. The van der Waals surface area contributed by atoms with E-state index in [1.807, 2.05) is 24.3 Å².